The van der Waals surface area contributed by atoms with Gasteiger partial charge in [-0.15, -0.1) is 0 Å². The van der Waals surface area contributed by atoms with Crippen LogP contribution in [0, 0.1) is 0 Å². The van der Waals surface area contributed by atoms with Gasteiger partial charge in [0.15, 0.2) is 0 Å². The van der Waals surface area contributed by atoms with Crippen molar-refractivity contribution in [3.8, 4) is 11.5 Å². The predicted octanol–water partition coefficient (Wildman–Crippen LogP) is 2.90. The number of methoxy groups -OCH3 is 2. The minimum Gasteiger partial charge on any atom is -0.497 e. The van der Waals surface area contributed by atoms with E-state index in [-0.39, 0.29) is 12.3 Å². The third kappa shape index (κ3) is 4.00. The van der Waals surface area contributed by atoms with Crippen molar-refractivity contribution in [3.63, 3.8) is 0 Å². The van der Waals surface area contributed by atoms with Crippen molar-refractivity contribution in [2.24, 2.45) is 0 Å². The van der Waals surface area contributed by atoms with Gasteiger partial charge in [-0.3, -0.25) is 9.89 Å². The van der Waals surface area contributed by atoms with Crippen molar-refractivity contribution < 1.29 is 14.3 Å². The van der Waals surface area contributed by atoms with E-state index in [0.29, 0.717) is 18.0 Å². The number of aromatic nitrogens is 2. The lowest BCUT2D eigenvalue weighted by Crippen LogP contribution is -2.28. The number of nitrogens with one attached hydrogen (secondary N) is 1. The first-order valence-corrected chi connectivity index (χ1v) is 9.12. The van der Waals surface area contributed by atoms with Gasteiger partial charge < -0.3 is 14.4 Å². The van der Waals surface area contributed by atoms with E-state index in [0.717, 1.165) is 24.1 Å². The summed E-state index contributed by atoms with van der Waals surface area (Å²) in [6.07, 6.45) is 6.06. The topological polar surface area (TPSA) is 67.5 Å². The first-order chi connectivity index (χ1) is 12.6. The number of carbonyl (C=O) groups excluding carboxylic acids is 1. The van der Waals surface area contributed by atoms with E-state index in [9.17, 15) is 4.79 Å². The maximum atomic E-state index is 12.7. The van der Waals surface area contributed by atoms with E-state index in [1.165, 1.54) is 30.5 Å². The molecule has 0 radical (unpaired) electrons. The van der Waals surface area contributed by atoms with E-state index in [2.05, 4.69) is 10.2 Å². The first kappa shape index (κ1) is 18.3. The van der Waals surface area contributed by atoms with Gasteiger partial charge in [-0.2, -0.15) is 5.10 Å². The summed E-state index contributed by atoms with van der Waals surface area (Å²) < 4.78 is 10.6. The molecule has 0 bridgehead atoms. The lowest BCUT2D eigenvalue weighted by molar-refractivity contribution is -0.129. The van der Waals surface area contributed by atoms with Crippen LogP contribution in [0.25, 0.3) is 0 Å². The maximum Gasteiger partial charge on any atom is 0.227 e. The molecule has 140 valence electrons. The second-order valence-electron chi connectivity index (χ2n) is 6.79. The van der Waals surface area contributed by atoms with Crippen molar-refractivity contribution >= 4 is 5.91 Å². The number of amides is 1. The Morgan fingerprint density at radius 1 is 1.19 bits per heavy atom. The smallest absolute Gasteiger partial charge is 0.227 e. The summed E-state index contributed by atoms with van der Waals surface area (Å²) in [5.74, 6) is 1.42. The number of nitrogens with zero attached hydrogens (tertiary/aromatic N) is 2. The number of hydrogen-bond donors (Lipinski definition) is 1. The fraction of sp³-hybridized carbons (Fsp3) is 0.500. The fourth-order valence-electron chi connectivity index (χ4n) is 3.47. The number of rotatable bonds is 6. The van der Waals surface area contributed by atoms with Gasteiger partial charge in [-0.1, -0.05) is 12.5 Å². The van der Waals surface area contributed by atoms with Crippen molar-refractivity contribution in [2.75, 3.05) is 21.3 Å². The summed E-state index contributed by atoms with van der Waals surface area (Å²) in [6.45, 7) is 0.531. The lowest BCUT2D eigenvalue weighted by Gasteiger charge is -2.18. The molecule has 3 rings (SSSR count). The average molecular weight is 357 g/mol. The molecule has 1 aromatic heterocycles. The summed E-state index contributed by atoms with van der Waals surface area (Å²) in [5.41, 5.74) is 4.41. The summed E-state index contributed by atoms with van der Waals surface area (Å²) in [7, 11) is 5.04. The number of hydrogen-bond acceptors (Lipinski definition) is 4. The number of benzene rings is 1. The molecule has 0 spiro atoms. The molecule has 1 N–H and O–H groups in total. The normalized spacial score (nSPS) is 13.7. The number of H-pyrrole nitrogens is 1. The second kappa shape index (κ2) is 8.25. The van der Waals surface area contributed by atoms with E-state index in [1.54, 1.807) is 25.2 Å². The number of aromatic amines is 1. The molecule has 6 heteroatoms. The second-order valence-corrected chi connectivity index (χ2v) is 6.79. The van der Waals surface area contributed by atoms with Crippen LogP contribution in [0.3, 0.4) is 0 Å². The molecule has 1 aliphatic carbocycles. The number of carbonyl (C=O) groups is 1. The molecule has 0 unspecified atom stereocenters. The highest BCUT2D eigenvalue weighted by atomic mass is 16.5. The van der Waals surface area contributed by atoms with Gasteiger partial charge in [-0.05, 0) is 37.3 Å². The Balaban J connectivity index is 1.68. The van der Waals surface area contributed by atoms with E-state index < -0.39 is 0 Å². The molecule has 0 fully saturated rings. The van der Waals surface area contributed by atoms with Crippen molar-refractivity contribution in [2.45, 2.75) is 45.1 Å². The fourth-order valence-corrected chi connectivity index (χ4v) is 3.47. The maximum absolute atomic E-state index is 12.7. The van der Waals surface area contributed by atoms with Crippen LogP contribution in [0.1, 0.15) is 41.8 Å². The van der Waals surface area contributed by atoms with Gasteiger partial charge in [0.25, 0.3) is 0 Å². The summed E-state index contributed by atoms with van der Waals surface area (Å²) >= 11 is 0. The third-order valence-electron chi connectivity index (χ3n) is 5.04. The molecule has 1 amide bonds. The van der Waals surface area contributed by atoms with Crippen LogP contribution in [-0.2, 0) is 30.6 Å². The molecular formula is C20H27N3O3. The van der Waals surface area contributed by atoms with Crippen LogP contribution in [0.5, 0.6) is 11.5 Å². The zero-order valence-electron chi connectivity index (χ0n) is 15.8. The molecule has 26 heavy (non-hydrogen) atoms. The standard InChI is InChI=1S/C20H27N3O3/c1-23(13-18-16-7-5-4-6-8-17(16)21-22-18)20(24)11-14-9-10-15(25-2)12-19(14)26-3/h9-10,12H,4-8,11,13H2,1-3H3,(H,21,22). The van der Waals surface area contributed by atoms with Gasteiger partial charge in [0, 0.05) is 24.4 Å². The van der Waals surface area contributed by atoms with Crippen molar-refractivity contribution in [1.29, 1.82) is 0 Å². The molecule has 0 saturated heterocycles. The van der Waals surface area contributed by atoms with Crippen LogP contribution in [-0.4, -0.2) is 42.3 Å². The largest absolute Gasteiger partial charge is 0.497 e. The van der Waals surface area contributed by atoms with Gasteiger partial charge in [0.1, 0.15) is 11.5 Å². The molecule has 6 nitrogen and oxygen atoms in total. The van der Waals surface area contributed by atoms with E-state index >= 15 is 0 Å². The van der Waals surface area contributed by atoms with Crippen molar-refractivity contribution in [1.82, 2.24) is 15.1 Å². The summed E-state index contributed by atoms with van der Waals surface area (Å²) in [6, 6.07) is 5.53. The molecule has 1 aromatic carbocycles. The van der Waals surface area contributed by atoms with Crippen LogP contribution in [0.4, 0.5) is 0 Å². The zero-order chi connectivity index (χ0) is 18.5. The van der Waals surface area contributed by atoms with Gasteiger partial charge in [-0.25, -0.2) is 0 Å². The van der Waals surface area contributed by atoms with E-state index in [1.807, 2.05) is 19.2 Å². The zero-order valence-corrected chi connectivity index (χ0v) is 15.8. The Labute approximate surface area is 154 Å². The van der Waals surface area contributed by atoms with Crippen LogP contribution in [0.15, 0.2) is 18.2 Å². The van der Waals surface area contributed by atoms with Crippen molar-refractivity contribution in [3.05, 3.63) is 40.7 Å². The molecule has 0 aliphatic heterocycles. The minimum atomic E-state index is 0.0406. The molecular weight excluding hydrogens is 330 g/mol. The number of fused-ring (bicyclic) bond motifs is 1. The highest BCUT2D eigenvalue weighted by Gasteiger charge is 2.19. The predicted molar refractivity (Wildman–Crippen MR) is 99.6 cm³/mol. The molecule has 1 aliphatic rings. The first-order valence-electron chi connectivity index (χ1n) is 9.12. The third-order valence-corrected chi connectivity index (χ3v) is 5.04. The van der Waals surface area contributed by atoms with Gasteiger partial charge >= 0.3 is 0 Å². The number of aryl methyl sites for hydroxylation is 1. The Morgan fingerprint density at radius 2 is 2.00 bits per heavy atom. The van der Waals surface area contributed by atoms with Crippen LogP contribution >= 0.6 is 0 Å². The molecule has 1 heterocycles. The Bertz CT molecular complexity index is 770. The Morgan fingerprint density at radius 3 is 2.77 bits per heavy atom. The van der Waals surface area contributed by atoms with E-state index in [4.69, 9.17) is 9.47 Å². The van der Waals surface area contributed by atoms with Gasteiger partial charge in [0.05, 0.1) is 32.9 Å². The summed E-state index contributed by atoms with van der Waals surface area (Å²) in [4.78, 5) is 14.4. The minimum absolute atomic E-state index is 0.0406. The summed E-state index contributed by atoms with van der Waals surface area (Å²) in [5, 5.41) is 7.63. The molecule has 2 aromatic rings. The van der Waals surface area contributed by atoms with Crippen LogP contribution in [0.2, 0.25) is 0 Å². The Kier molecular flexibility index (Phi) is 5.81. The number of likely N-dealkylation sites (N-methyl/N-ethyl adjacent to an activating group) is 1. The SMILES string of the molecule is COc1ccc(CC(=O)N(C)Cc2n[nH]c3c2CCCCC3)c(OC)c1. The Hall–Kier alpha value is -2.50. The lowest BCUT2D eigenvalue weighted by atomic mass is 10.1. The molecule has 0 saturated carbocycles. The molecule has 0 atom stereocenters. The monoisotopic (exact) mass is 357 g/mol. The average Bonchev–Trinajstić information content (AvgIpc) is 2.88. The highest BCUT2D eigenvalue weighted by Crippen LogP contribution is 2.26. The quantitative estimate of drug-likeness (QED) is 0.807. The number of ether oxygens (including phenoxy) is 2. The van der Waals surface area contributed by atoms with Crippen LogP contribution < -0.4 is 9.47 Å². The van der Waals surface area contributed by atoms with Gasteiger partial charge in [0.2, 0.25) is 5.91 Å². The highest BCUT2D eigenvalue weighted by molar-refractivity contribution is 5.79.